The molecule has 1 aromatic rings. The lowest BCUT2D eigenvalue weighted by Crippen LogP contribution is -2.39. The maximum atomic E-state index is 13.3. The van der Waals surface area contributed by atoms with Crippen LogP contribution in [0, 0.1) is 11.7 Å². The van der Waals surface area contributed by atoms with Crippen LogP contribution in [-0.4, -0.2) is 13.6 Å². The second-order valence-corrected chi connectivity index (χ2v) is 4.99. The van der Waals surface area contributed by atoms with Crippen molar-refractivity contribution in [1.29, 1.82) is 0 Å². The maximum Gasteiger partial charge on any atom is 0.123 e. The summed E-state index contributed by atoms with van der Waals surface area (Å²) in [5, 5.41) is 3.28. The van der Waals surface area contributed by atoms with Gasteiger partial charge in [-0.2, -0.15) is 0 Å². The van der Waals surface area contributed by atoms with Crippen LogP contribution in [0.1, 0.15) is 31.7 Å². The van der Waals surface area contributed by atoms with Gasteiger partial charge in [0.05, 0.1) is 0 Å². The van der Waals surface area contributed by atoms with Gasteiger partial charge in [0.2, 0.25) is 0 Å². The third-order valence-corrected chi connectivity index (χ3v) is 4.10. The number of rotatable bonds is 3. The van der Waals surface area contributed by atoms with Crippen molar-refractivity contribution in [3.05, 3.63) is 35.6 Å². The molecular weight excluding hydrogens is 201 g/mol. The van der Waals surface area contributed by atoms with Crippen molar-refractivity contribution < 1.29 is 4.39 Å². The van der Waals surface area contributed by atoms with Crippen molar-refractivity contribution >= 4 is 0 Å². The monoisotopic (exact) mass is 221 g/mol. The predicted molar refractivity (Wildman–Crippen MR) is 65.0 cm³/mol. The first kappa shape index (κ1) is 11.6. The van der Waals surface area contributed by atoms with Gasteiger partial charge < -0.3 is 5.32 Å². The van der Waals surface area contributed by atoms with Gasteiger partial charge in [0, 0.05) is 12.0 Å². The van der Waals surface area contributed by atoms with Crippen molar-refractivity contribution in [2.24, 2.45) is 5.92 Å². The minimum absolute atomic E-state index is 0.118. The first-order chi connectivity index (χ1) is 7.69. The SMILES string of the molecule is CNCC1(c2cccc(F)c2)CCCC1C. The molecule has 2 atom stereocenters. The maximum absolute atomic E-state index is 13.3. The highest BCUT2D eigenvalue weighted by atomic mass is 19.1. The highest BCUT2D eigenvalue weighted by Gasteiger charge is 2.41. The fourth-order valence-electron chi connectivity index (χ4n) is 3.15. The fourth-order valence-corrected chi connectivity index (χ4v) is 3.15. The molecule has 0 bridgehead atoms. The first-order valence-electron chi connectivity index (χ1n) is 6.10. The molecule has 16 heavy (non-hydrogen) atoms. The third-order valence-electron chi connectivity index (χ3n) is 4.10. The summed E-state index contributed by atoms with van der Waals surface area (Å²) in [6.07, 6.45) is 3.66. The minimum Gasteiger partial charge on any atom is -0.319 e. The van der Waals surface area contributed by atoms with Crippen molar-refractivity contribution in [2.45, 2.75) is 31.6 Å². The summed E-state index contributed by atoms with van der Waals surface area (Å²) in [6.45, 7) is 3.23. The Labute approximate surface area is 97.1 Å². The van der Waals surface area contributed by atoms with E-state index in [1.165, 1.54) is 25.3 Å². The Hall–Kier alpha value is -0.890. The summed E-state index contributed by atoms with van der Waals surface area (Å²) < 4.78 is 13.3. The number of halogens is 1. The zero-order valence-electron chi connectivity index (χ0n) is 10.1. The van der Waals surface area contributed by atoms with E-state index in [2.05, 4.69) is 18.3 Å². The molecule has 0 heterocycles. The summed E-state index contributed by atoms with van der Waals surface area (Å²) in [5.41, 5.74) is 1.29. The molecule has 0 saturated heterocycles. The molecule has 0 spiro atoms. The predicted octanol–water partition coefficient (Wildman–Crippen LogP) is 3.10. The van der Waals surface area contributed by atoms with Crippen LogP contribution >= 0.6 is 0 Å². The van der Waals surface area contributed by atoms with Gasteiger partial charge in [-0.15, -0.1) is 0 Å². The first-order valence-corrected chi connectivity index (χ1v) is 6.10. The second kappa shape index (κ2) is 4.54. The normalized spacial score (nSPS) is 29.6. The molecule has 0 amide bonds. The standard InChI is InChI=1S/C14H20FN/c1-11-5-4-8-14(11,10-16-2)12-6-3-7-13(15)9-12/h3,6-7,9,11,16H,4-5,8,10H2,1-2H3. The molecule has 1 saturated carbocycles. The Morgan fingerprint density at radius 2 is 2.31 bits per heavy atom. The molecule has 2 rings (SSSR count). The lowest BCUT2D eigenvalue weighted by molar-refractivity contribution is 0.325. The Morgan fingerprint density at radius 3 is 2.88 bits per heavy atom. The van der Waals surface area contributed by atoms with E-state index < -0.39 is 0 Å². The molecule has 1 aliphatic rings. The minimum atomic E-state index is -0.118. The fraction of sp³-hybridized carbons (Fsp3) is 0.571. The van der Waals surface area contributed by atoms with E-state index >= 15 is 0 Å². The topological polar surface area (TPSA) is 12.0 Å². The zero-order valence-corrected chi connectivity index (χ0v) is 10.1. The summed E-state index contributed by atoms with van der Waals surface area (Å²) in [5.74, 6) is 0.508. The van der Waals surface area contributed by atoms with Crippen molar-refractivity contribution in [3.8, 4) is 0 Å². The Balaban J connectivity index is 2.39. The molecule has 0 aromatic heterocycles. The molecule has 1 aromatic carbocycles. The van der Waals surface area contributed by atoms with Crippen molar-refractivity contribution in [1.82, 2.24) is 5.32 Å². The van der Waals surface area contributed by atoms with Crippen LogP contribution in [-0.2, 0) is 5.41 Å². The van der Waals surface area contributed by atoms with Crippen LogP contribution in [0.2, 0.25) is 0 Å². The second-order valence-electron chi connectivity index (χ2n) is 4.99. The highest BCUT2D eigenvalue weighted by Crippen LogP contribution is 2.45. The van der Waals surface area contributed by atoms with Crippen molar-refractivity contribution in [3.63, 3.8) is 0 Å². The quantitative estimate of drug-likeness (QED) is 0.827. The molecule has 0 aliphatic heterocycles. The Morgan fingerprint density at radius 1 is 1.50 bits per heavy atom. The summed E-state index contributed by atoms with van der Waals surface area (Å²) in [6, 6.07) is 7.13. The average Bonchev–Trinajstić information content (AvgIpc) is 2.62. The third kappa shape index (κ3) is 1.86. The van der Waals surface area contributed by atoms with Gasteiger partial charge in [-0.05, 0) is 43.5 Å². The molecular formula is C14H20FN. The number of nitrogens with one attached hydrogen (secondary N) is 1. The van der Waals surface area contributed by atoms with Crippen LogP contribution in [0.3, 0.4) is 0 Å². The molecule has 88 valence electrons. The largest absolute Gasteiger partial charge is 0.319 e. The van der Waals surface area contributed by atoms with E-state index in [4.69, 9.17) is 0 Å². The molecule has 1 nitrogen and oxygen atoms in total. The van der Waals surface area contributed by atoms with Gasteiger partial charge in [0.1, 0.15) is 5.82 Å². The van der Waals surface area contributed by atoms with E-state index in [0.29, 0.717) is 5.92 Å². The van der Waals surface area contributed by atoms with Gasteiger partial charge in [0.15, 0.2) is 0 Å². The Kier molecular flexibility index (Phi) is 3.29. The summed E-state index contributed by atoms with van der Waals surface area (Å²) in [4.78, 5) is 0. The number of benzene rings is 1. The van der Waals surface area contributed by atoms with Gasteiger partial charge in [-0.25, -0.2) is 4.39 Å². The number of likely N-dealkylation sites (N-methyl/N-ethyl adjacent to an activating group) is 1. The molecule has 1 fully saturated rings. The lowest BCUT2D eigenvalue weighted by Gasteiger charge is -2.34. The van der Waals surface area contributed by atoms with E-state index in [1.807, 2.05) is 13.1 Å². The smallest absolute Gasteiger partial charge is 0.123 e. The average molecular weight is 221 g/mol. The summed E-state index contributed by atoms with van der Waals surface area (Å²) >= 11 is 0. The van der Waals surface area contributed by atoms with Crippen LogP contribution in [0.4, 0.5) is 4.39 Å². The zero-order chi connectivity index (χ0) is 11.6. The lowest BCUT2D eigenvalue weighted by atomic mass is 9.73. The van der Waals surface area contributed by atoms with Gasteiger partial charge in [0.25, 0.3) is 0 Å². The van der Waals surface area contributed by atoms with E-state index in [9.17, 15) is 4.39 Å². The summed E-state index contributed by atoms with van der Waals surface area (Å²) in [7, 11) is 1.98. The number of hydrogen-bond acceptors (Lipinski definition) is 1. The molecule has 0 radical (unpaired) electrons. The Bertz CT molecular complexity index is 364. The van der Waals surface area contributed by atoms with Gasteiger partial charge in [-0.3, -0.25) is 0 Å². The van der Waals surface area contributed by atoms with Crippen molar-refractivity contribution in [2.75, 3.05) is 13.6 Å². The number of hydrogen-bond donors (Lipinski definition) is 1. The molecule has 2 heteroatoms. The molecule has 1 N–H and O–H groups in total. The van der Waals surface area contributed by atoms with Crippen LogP contribution in [0.15, 0.2) is 24.3 Å². The van der Waals surface area contributed by atoms with Gasteiger partial charge in [-0.1, -0.05) is 25.5 Å². The van der Waals surface area contributed by atoms with E-state index in [-0.39, 0.29) is 11.2 Å². The van der Waals surface area contributed by atoms with Crippen LogP contribution < -0.4 is 5.32 Å². The van der Waals surface area contributed by atoms with E-state index in [0.717, 1.165) is 12.1 Å². The van der Waals surface area contributed by atoms with Crippen LogP contribution in [0.25, 0.3) is 0 Å². The van der Waals surface area contributed by atoms with E-state index in [1.54, 1.807) is 6.07 Å². The van der Waals surface area contributed by atoms with Crippen LogP contribution in [0.5, 0.6) is 0 Å². The highest BCUT2D eigenvalue weighted by molar-refractivity contribution is 5.29. The van der Waals surface area contributed by atoms with Gasteiger partial charge >= 0.3 is 0 Å². The molecule has 2 unspecified atom stereocenters. The molecule has 1 aliphatic carbocycles.